The van der Waals surface area contributed by atoms with E-state index in [4.69, 9.17) is 10.5 Å². The highest BCUT2D eigenvalue weighted by Crippen LogP contribution is 2.07. The van der Waals surface area contributed by atoms with Crippen molar-refractivity contribution in [1.82, 2.24) is 4.90 Å². The molecule has 0 fully saturated rings. The van der Waals surface area contributed by atoms with Gasteiger partial charge in [-0.05, 0) is 20.0 Å². The minimum Gasteiger partial charge on any atom is -0.383 e. The van der Waals surface area contributed by atoms with Crippen molar-refractivity contribution in [2.24, 2.45) is 5.73 Å². The van der Waals surface area contributed by atoms with Gasteiger partial charge in [0.15, 0.2) is 0 Å². The summed E-state index contributed by atoms with van der Waals surface area (Å²) in [6.07, 6.45) is 9.57. The number of ether oxygens (including phenoxy) is 1. The molecule has 0 heterocycles. The number of nitrogens with zero attached hydrogens (tertiary/aromatic N) is 1. The molecule has 0 spiro atoms. The van der Waals surface area contributed by atoms with Crippen LogP contribution in [0.15, 0.2) is 0 Å². The van der Waals surface area contributed by atoms with E-state index in [1.165, 1.54) is 44.9 Å². The molecule has 1 atom stereocenters. The van der Waals surface area contributed by atoms with Crippen LogP contribution in [0.3, 0.4) is 0 Å². The van der Waals surface area contributed by atoms with Crippen LogP contribution in [0.1, 0.15) is 51.9 Å². The number of nitrogens with two attached hydrogens (primary N) is 1. The third-order valence-corrected chi connectivity index (χ3v) is 3.07. The number of hydrogen-bond acceptors (Lipinski definition) is 3. The summed E-state index contributed by atoms with van der Waals surface area (Å²) in [5, 5.41) is 0. The summed E-state index contributed by atoms with van der Waals surface area (Å²) in [5.41, 5.74) is 5.90. The predicted octanol–water partition coefficient (Wildman–Crippen LogP) is 2.64. The van der Waals surface area contributed by atoms with Gasteiger partial charge in [-0.2, -0.15) is 0 Å². The maximum atomic E-state index is 5.90. The van der Waals surface area contributed by atoms with E-state index in [1.54, 1.807) is 7.11 Å². The summed E-state index contributed by atoms with van der Waals surface area (Å²) in [4.78, 5) is 2.32. The lowest BCUT2D eigenvalue weighted by Gasteiger charge is -2.20. The van der Waals surface area contributed by atoms with E-state index in [0.29, 0.717) is 6.61 Å². The fraction of sp³-hybridized carbons (Fsp3) is 1.00. The Morgan fingerprint density at radius 3 is 2.24 bits per heavy atom. The zero-order valence-electron chi connectivity index (χ0n) is 12.1. The van der Waals surface area contributed by atoms with Gasteiger partial charge in [-0.15, -0.1) is 0 Å². The number of hydrogen-bond donors (Lipinski definition) is 1. The molecule has 1 unspecified atom stereocenters. The van der Waals surface area contributed by atoms with Gasteiger partial charge in [0.05, 0.1) is 6.61 Å². The van der Waals surface area contributed by atoms with Crippen molar-refractivity contribution in [2.75, 3.05) is 33.9 Å². The molecule has 0 aromatic heterocycles. The van der Waals surface area contributed by atoms with Crippen LogP contribution in [-0.2, 0) is 4.74 Å². The van der Waals surface area contributed by atoms with E-state index in [0.717, 1.165) is 13.1 Å². The van der Waals surface area contributed by atoms with E-state index in [9.17, 15) is 0 Å². The molecule has 0 bridgehead atoms. The van der Waals surface area contributed by atoms with Gasteiger partial charge in [0.1, 0.15) is 0 Å². The van der Waals surface area contributed by atoms with Crippen LogP contribution in [0, 0.1) is 0 Å². The number of likely N-dealkylation sites (N-methyl/N-ethyl adjacent to an activating group) is 1. The van der Waals surface area contributed by atoms with Gasteiger partial charge >= 0.3 is 0 Å². The standard InChI is InChI=1S/C14H32N2O/c1-4-5-6-7-8-9-10-11-16(2)12-14(15)13-17-3/h14H,4-13,15H2,1-3H3. The summed E-state index contributed by atoms with van der Waals surface area (Å²) in [6.45, 7) is 5.01. The van der Waals surface area contributed by atoms with Gasteiger partial charge in [0, 0.05) is 19.7 Å². The van der Waals surface area contributed by atoms with Crippen LogP contribution in [0.2, 0.25) is 0 Å². The molecule has 0 aliphatic heterocycles. The second-order valence-corrected chi connectivity index (χ2v) is 5.10. The van der Waals surface area contributed by atoms with Gasteiger partial charge in [0.25, 0.3) is 0 Å². The number of methoxy groups -OCH3 is 1. The molecule has 0 aliphatic rings. The molecule has 104 valence electrons. The Morgan fingerprint density at radius 2 is 1.65 bits per heavy atom. The van der Waals surface area contributed by atoms with Crippen LogP contribution >= 0.6 is 0 Å². The van der Waals surface area contributed by atoms with Crippen molar-refractivity contribution in [1.29, 1.82) is 0 Å². The topological polar surface area (TPSA) is 38.5 Å². The van der Waals surface area contributed by atoms with Gasteiger partial charge in [0.2, 0.25) is 0 Å². The van der Waals surface area contributed by atoms with E-state index in [-0.39, 0.29) is 6.04 Å². The Balaban J connectivity index is 3.24. The third-order valence-electron chi connectivity index (χ3n) is 3.07. The molecular formula is C14H32N2O. The van der Waals surface area contributed by atoms with Gasteiger partial charge in [-0.1, -0.05) is 45.4 Å². The van der Waals surface area contributed by atoms with Crippen LogP contribution in [0.5, 0.6) is 0 Å². The monoisotopic (exact) mass is 244 g/mol. The van der Waals surface area contributed by atoms with Crippen molar-refractivity contribution in [2.45, 2.75) is 57.9 Å². The second kappa shape index (κ2) is 12.3. The van der Waals surface area contributed by atoms with Gasteiger partial charge < -0.3 is 15.4 Å². The summed E-state index contributed by atoms with van der Waals surface area (Å²) in [7, 11) is 3.85. The quantitative estimate of drug-likeness (QED) is 0.536. The Bertz CT molecular complexity index is 153. The van der Waals surface area contributed by atoms with Gasteiger partial charge in [-0.3, -0.25) is 0 Å². The summed E-state index contributed by atoms with van der Waals surface area (Å²) >= 11 is 0. The number of rotatable bonds is 12. The summed E-state index contributed by atoms with van der Waals surface area (Å²) < 4.78 is 5.03. The highest BCUT2D eigenvalue weighted by atomic mass is 16.5. The molecule has 0 saturated carbocycles. The molecule has 0 rings (SSSR count). The Hall–Kier alpha value is -0.120. The predicted molar refractivity (Wildman–Crippen MR) is 75.3 cm³/mol. The van der Waals surface area contributed by atoms with Crippen LogP contribution in [-0.4, -0.2) is 44.8 Å². The highest BCUT2D eigenvalue weighted by molar-refractivity contribution is 4.65. The van der Waals surface area contributed by atoms with E-state index >= 15 is 0 Å². The van der Waals surface area contributed by atoms with E-state index in [1.807, 2.05) is 0 Å². The first-order valence-corrected chi connectivity index (χ1v) is 7.13. The first-order valence-electron chi connectivity index (χ1n) is 7.13. The van der Waals surface area contributed by atoms with Crippen molar-refractivity contribution in [3.63, 3.8) is 0 Å². The average Bonchev–Trinajstić information content (AvgIpc) is 2.28. The highest BCUT2D eigenvalue weighted by Gasteiger charge is 2.05. The van der Waals surface area contributed by atoms with Gasteiger partial charge in [-0.25, -0.2) is 0 Å². The van der Waals surface area contributed by atoms with Crippen LogP contribution in [0.25, 0.3) is 0 Å². The average molecular weight is 244 g/mol. The molecule has 3 heteroatoms. The smallest absolute Gasteiger partial charge is 0.0626 e. The first-order chi connectivity index (χ1) is 8.20. The fourth-order valence-corrected chi connectivity index (χ4v) is 2.10. The zero-order chi connectivity index (χ0) is 12.9. The molecule has 3 nitrogen and oxygen atoms in total. The Labute approximate surface area is 108 Å². The van der Waals surface area contributed by atoms with Crippen molar-refractivity contribution in [3.05, 3.63) is 0 Å². The third kappa shape index (κ3) is 12.1. The maximum Gasteiger partial charge on any atom is 0.0626 e. The molecule has 0 aromatic rings. The van der Waals surface area contributed by atoms with Crippen molar-refractivity contribution >= 4 is 0 Å². The molecule has 0 aliphatic carbocycles. The molecular weight excluding hydrogens is 212 g/mol. The lowest BCUT2D eigenvalue weighted by Crippen LogP contribution is -2.38. The minimum atomic E-state index is 0.148. The van der Waals surface area contributed by atoms with Crippen molar-refractivity contribution < 1.29 is 4.74 Å². The molecule has 17 heavy (non-hydrogen) atoms. The molecule has 2 N–H and O–H groups in total. The molecule has 0 amide bonds. The molecule has 0 radical (unpaired) electrons. The zero-order valence-corrected chi connectivity index (χ0v) is 12.1. The largest absolute Gasteiger partial charge is 0.383 e. The summed E-state index contributed by atoms with van der Waals surface area (Å²) in [6, 6.07) is 0.148. The Morgan fingerprint density at radius 1 is 1.06 bits per heavy atom. The second-order valence-electron chi connectivity index (χ2n) is 5.10. The fourth-order valence-electron chi connectivity index (χ4n) is 2.10. The van der Waals surface area contributed by atoms with Crippen LogP contribution in [0.4, 0.5) is 0 Å². The SMILES string of the molecule is CCCCCCCCCN(C)CC(N)COC. The molecule has 0 saturated heterocycles. The number of unbranched alkanes of at least 4 members (excludes halogenated alkanes) is 6. The lowest BCUT2D eigenvalue weighted by molar-refractivity contribution is 0.161. The van der Waals surface area contributed by atoms with E-state index < -0.39 is 0 Å². The van der Waals surface area contributed by atoms with Crippen molar-refractivity contribution in [3.8, 4) is 0 Å². The normalized spacial score (nSPS) is 13.2. The lowest BCUT2D eigenvalue weighted by atomic mass is 10.1. The Kier molecular flexibility index (Phi) is 12.3. The maximum absolute atomic E-state index is 5.90. The minimum absolute atomic E-state index is 0.148. The summed E-state index contributed by atoms with van der Waals surface area (Å²) in [5.74, 6) is 0. The van der Waals surface area contributed by atoms with E-state index in [2.05, 4.69) is 18.9 Å². The first kappa shape index (κ1) is 16.9. The molecule has 0 aromatic carbocycles. The van der Waals surface area contributed by atoms with Crippen LogP contribution < -0.4 is 5.73 Å².